The van der Waals surface area contributed by atoms with Gasteiger partial charge < -0.3 is 14.9 Å². The molecule has 0 unspecified atom stereocenters. The van der Waals surface area contributed by atoms with Gasteiger partial charge in [-0.15, -0.1) is 11.3 Å². The smallest absolute Gasteiger partial charge is 0.406 e. The predicted octanol–water partition coefficient (Wildman–Crippen LogP) is 3.27. The van der Waals surface area contributed by atoms with Crippen LogP contribution in [0.2, 0.25) is 0 Å². The maximum Gasteiger partial charge on any atom is 0.406 e. The highest BCUT2D eigenvalue weighted by Crippen LogP contribution is 2.25. The van der Waals surface area contributed by atoms with Crippen molar-refractivity contribution in [3.63, 3.8) is 0 Å². The van der Waals surface area contributed by atoms with Crippen molar-refractivity contribution in [2.45, 2.75) is 0 Å². The summed E-state index contributed by atoms with van der Waals surface area (Å²) in [5, 5.41) is 15.4. The summed E-state index contributed by atoms with van der Waals surface area (Å²) in [6.45, 7) is -0.433. The maximum absolute atomic E-state index is 12.9. The van der Waals surface area contributed by atoms with Crippen LogP contribution < -0.4 is 10.1 Å². The van der Waals surface area contributed by atoms with Gasteiger partial charge in [-0.25, -0.2) is 9.37 Å². The quantitative estimate of drug-likeness (QED) is 0.524. The van der Waals surface area contributed by atoms with Crippen molar-refractivity contribution in [2.75, 3.05) is 11.9 Å². The van der Waals surface area contributed by atoms with Crippen molar-refractivity contribution < 1.29 is 18.8 Å². The fourth-order valence-electron chi connectivity index (χ4n) is 2.02. The van der Waals surface area contributed by atoms with Gasteiger partial charge in [-0.2, -0.15) is 0 Å². The molecule has 0 aliphatic carbocycles. The van der Waals surface area contributed by atoms with Gasteiger partial charge in [0.15, 0.2) is 11.7 Å². The normalized spacial score (nSPS) is 10.3. The number of ether oxygens (including phenoxy) is 1. The summed E-state index contributed by atoms with van der Waals surface area (Å²) in [6, 6.07) is 8.63. The Balaban J connectivity index is 1.61. The Kier molecular flexibility index (Phi) is 5.13. The molecule has 0 fully saturated rings. The minimum Gasteiger partial charge on any atom is -0.476 e. The standard InChI is InChI=1S/C16H11FN4O4S/c17-11-5-3-10(4-6-11)12-9-26-16(19-12)20-14(22)8-25-13-2-1-7-18-15(13)21(23)24/h1-7,9H,8H2,(H,19,20,22). The first-order chi connectivity index (χ1) is 12.5. The molecule has 0 spiro atoms. The molecule has 8 nitrogen and oxygen atoms in total. The van der Waals surface area contributed by atoms with Gasteiger partial charge in [0.1, 0.15) is 12.0 Å². The van der Waals surface area contributed by atoms with Crippen LogP contribution in [0.3, 0.4) is 0 Å². The van der Waals surface area contributed by atoms with E-state index in [1.54, 1.807) is 17.5 Å². The number of anilines is 1. The number of halogens is 1. The van der Waals surface area contributed by atoms with Crippen molar-refractivity contribution in [2.24, 2.45) is 0 Å². The highest BCUT2D eigenvalue weighted by Gasteiger charge is 2.17. The largest absolute Gasteiger partial charge is 0.476 e. The Morgan fingerprint density at radius 2 is 2.08 bits per heavy atom. The zero-order valence-electron chi connectivity index (χ0n) is 13.1. The fraction of sp³-hybridized carbons (Fsp3) is 0.0625. The minimum absolute atomic E-state index is 0.0983. The predicted molar refractivity (Wildman–Crippen MR) is 92.5 cm³/mol. The van der Waals surface area contributed by atoms with E-state index in [-0.39, 0.29) is 11.6 Å². The lowest BCUT2D eigenvalue weighted by atomic mass is 10.2. The fourth-order valence-corrected chi connectivity index (χ4v) is 2.75. The van der Waals surface area contributed by atoms with Crippen molar-refractivity contribution in [3.8, 4) is 17.0 Å². The van der Waals surface area contributed by atoms with E-state index in [1.165, 1.54) is 41.8 Å². The molecular formula is C16H11FN4O4S. The highest BCUT2D eigenvalue weighted by atomic mass is 32.1. The second-order valence-electron chi connectivity index (χ2n) is 4.96. The van der Waals surface area contributed by atoms with Crippen LogP contribution in [0.15, 0.2) is 48.0 Å². The monoisotopic (exact) mass is 374 g/mol. The number of nitrogens with one attached hydrogen (secondary N) is 1. The van der Waals surface area contributed by atoms with Crippen LogP contribution in [0.25, 0.3) is 11.3 Å². The molecule has 2 aromatic heterocycles. The van der Waals surface area contributed by atoms with E-state index in [9.17, 15) is 19.3 Å². The van der Waals surface area contributed by atoms with E-state index < -0.39 is 23.3 Å². The molecule has 2 heterocycles. The number of carbonyl (C=O) groups is 1. The summed E-state index contributed by atoms with van der Waals surface area (Å²) < 4.78 is 18.1. The first-order valence-electron chi connectivity index (χ1n) is 7.26. The molecule has 3 rings (SSSR count). The van der Waals surface area contributed by atoms with Gasteiger partial charge in [0.2, 0.25) is 5.75 Å². The third-order valence-corrected chi connectivity index (χ3v) is 3.93. The van der Waals surface area contributed by atoms with Crippen LogP contribution in [0.5, 0.6) is 5.75 Å². The number of rotatable bonds is 6. The van der Waals surface area contributed by atoms with Crippen LogP contribution in [0, 0.1) is 15.9 Å². The SMILES string of the molecule is O=C(COc1cccnc1[N+](=O)[O-])Nc1nc(-c2ccc(F)cc2)cs1. The summed E-state index contributed by atoms with van der Waals surface area (Å²) in [5.74, 6) is -1.44. The summed E-state index contributed by atoms with van der Waals surface area (Å²) in [7, 11) is 0. The molecule has 0 radical (unpaired) electrons. The van der Waals surface area contributed by atoms with Crippen molar-refractivity contribution in [1.82, 2.24) is 9.97 Å². The first-order valence-corrected chi connectivity index (χ1v) is 8.14. The molecule has 132 valence electrons. The number of nitro groups is 1. The molecule has 0 saturated heterocycles. The Hall–Kier alpha value is -3.40. The van der Waals surface area contributed by atoms with E-state index in [0.717, 1.165) is 0 Å². The lowest BCUT2D eigenvalue weighted by Gasteiger charge is -2.05. The van der Waals surface area contributed by atoms with E-state index in [0.29, 0.717) is 16.4 Å². The van der Waals surface area contributed by atoms with Crippen molar-refractivity contribution in [3.05, 3.63) is 63.9 Å². The van der Waals surface area contributed by atoms with Crippen molar-refractivity contribution >= 4 is 28.2 Å². The number of benzene rings is 1. The summed E-state index contributed by atoms with van der Waals surface area (Å²) >= 11 is 1.19. The molecule has 0 bridgehead atoms. The highest BCUT2D eigenvalue weighted by molar-refractivity contribution is 7.14. The zero-order chi connectivity index (χ0) is 18.5. The molecule has 1 amide bonds. The topological polar surface area (TPSA) is 107 Å². The number of pyridine rings is 1. The Labute approximate surface area is 150 Å². The Morgan fingerprint density at radius 1 is 1.31 bits per heavy atom. The number of aromatic nitrogens is 2. The zero-order valence-corrected chi connectivity index (χ0v) is 13.9. The molecule has 0 saturated carbocycles. The van der Waals surface area contributed by atoms with Crippen LogP contribution in [-0.2, 0) is 4.79 Å². The number of hydrogen-bond donors (Lipinski definition) is 1. The first kappa shape index (κ1) is 17.4. The number of amides is 1. The molecule has 1 N–H and O–H groups in total. The summed E-state index contributed by atoms with van der Waals surface area (Å²) in [4.78, 5) is 29.9. The third kappa shape index (κ3) is 4.16. The van der Waals surface area contributed by atoms with Crippen LogP contribution in [0.4, 0.5) is 15.3 Å². The summed E-state index contributed by atoms with van der Waals surface area (Å²) in [6.07, 6.45) is 1.26. The number of thiazole rings is 1. The second-order valence-corrected chi connectivity index (χ2v) is 5.82. The van der Waals surface area contributed by atoms with E-state index in [2.05, 4.69) is 15.3 Å². The van der Waals surface area contributed by atoms with Crippen LogP contribution in [-0.4, -0.2) is 27.4 Å². The lowest BCUT2D eigenvalue weighted by Crippen LogP contribution is -2.20. The number of carbonyl (C=O) groups excluding carboxylic acids is 1. The van der Waals surface area contributed by atoms with Gasteiger partial charge in [-0.1, -0.05) is 0 Å². The third-order valence-electron chi connectivity index (χ3n) is 3.17. The summed E-state index contributed by atoms with van der Waals surface area (Å²) in [5.41, 5.74) is 1.31. The van der Waals surface area contributed by atoms with Gasteiger partial charge in [-0.3, -0.25) is 10.1 Å². The lowest BCUT2D eigenvalue weighted by molar-refractivity contribution is -0.390. The number of hydrogen-bond acceptors (Lipinski definition) is 7. The number of nitrogens with zero attached hydrogens (tertiary/aromatic N) is 3. The molecule has 0 aliphatic heterocycles. The van der Waals surface area contributed by atoms with Crippen LogP contribution in [0.1, 0.15) is 0 Å². The van der Waals surface area contributed by atoms with E-state index >= 15 is 0 Å². The minimum atomic E-state index is -0.691. The van der Waals surface area contributed by atoms with Gasteiger partial charge in [0.05, 0.1) is 5.69 Å². The second kappa shape index (κ2) is 7.66. The average Bonchev–Trinajstić information content (AvgIpc) is 3.09. The molecule has 0 aliphatic rings. The molecule has 26 heavy (non-hydrogen) atoms. The average molecular weight is 374 g/mol. The molecular weight excluding hydrogens is 363 g/mol. The van der Waals surface area contributed by atoms with Gasteiger partial charge in [-0.05, 0) is 46.3 Å². The Bertz CT molecular complexity index is 945. The molecule has 0 atom stereocenters. The Morgan fingerprint density at radius 3 is 2.81 bits per heavy atom. The van der Waals surface area contributed by atoms with E-state index in [4.69, 9.17) is 4.74 Å². The van der Waals surface area contributed by atoms with E-state index in [1.807, 2.05) is 0 Å². The maximum atomic E-state index is 12.9. The van der Waals surface area contributed by atoms with Gasteiger partial charge in [0, 0.05) is 10.9 Å². The molecule has 10 heteroatoms. The van der Waals surface area contributed by atoms with Gasteiger partial charge >= 0.3 is 5.82 Å². The molecule has 1 aromatic carbocycles. The van der Waals surface area contributed by atoms with Crippen molar-refractivity contribution in [1.29, 1.82) is 0 Å². The van der Waals surface area contributed by atoms with Gasteiger partial charge in [0.25, 0.3) is 5.91 Å². The van der Waals surface area contributed by atoms with Crippen LogP contribution >= 0.6 is 11.3 Å². The molecule has 3 aromatic rings.